The van der Waals surface area contributed by atoms with Gasteiger partial charge in [-0.3, -0.25) is 0 Å². The molecule has 7 heteroatoms. The van der Waals surface area contributed by atoms with Crippen molar-refractivity contribution in [1.82, 2.24) is 9.97 Å². The summed E-state index contributed by atoms with van der Waals surface area (Å²) in [6.45, 7) is 7.09. The molecule has 0 aromatic carbocycles. The molecule has 0 saturated carbocycles. The molecule has 0 amide bonds. The van der Waals surface area contributed by atoms with E-state index in [1.165, 1.54) is 20.7 Å². The van der Waals surface area contributed by atoms with Gasteiger partial charge in [0.25, 0.3) is 0 Å². The molecule has 24 heavy (non-hydrogen) atoms. The van der Waals surface area contributed by atoms with Gasteiger partial charge in [0.2, 0.25) is 0 Å². The minimum atomic E-state index is -0.120. The van der Waals surface area contributed by atoms with E-state index in [-0.39, 0.29) is 5.60 Å². The molecule has 0 aliphatic carbocycles. The number of nitrogens with one attached hydrogen (secondary N) is 2. The molecule has 0 spiro atoms. The molecule has 1 aliphatic heterocycles. The van der Waals surface area contributed by atoms with Crippen LogP contribution < -0.4 is 10.2 Å². The number of rotatable bonds is 6. The molecule has 0 atom stereocenters. The SMILES string of the molecule is CSc1nc(NCCC[NH+](C)C)c2c3c(sc2n1)COC(C)(C)C3. The van der Waals surface area contributed by atoms with Gasteiger partial charge in [0.1, 0.15) is 10.6 Å². The van der Waals surface area contributed by atoms with Crippen LogP contribution in [0.2, 0.25) is 0 Å². The first-order chi connectivity index (χ1) is 11.4. The summed E-state index contributed by atoms with van der Waals surface area (Å²) in [5.41, 5.74) is 1.25. The molecular weight excluding hydrogens is 340 g/mol. The fourth-order valence-electron chi connectivity index (χ4n) is 2.99. The molecule has 5 nitrogen and oxygen atoms in total. The highest BCUT2D eigenvalue weighted by Gasteiger charge is 2.30. The zero-order valence-electron chi connectivity index (χ0n) is 15.2. The number of thiophene rings is 1. The standard InChI is InChI=1S/C17H26N4OS2/c1-17(2)9-11-12(10-22-17)24-15-13(11)14(19-16(20-15)23-5)18-7-6-8-21(3)4/h6-10H2,1-5H3,(H,18,19,20)/p+1. The summed E-state index contributed by atoms with van der Waals surface area (Å²) in [5, 5.41) is 5.61. The third-order valence-electron chi connectivity index (χ3n) is 4.24. The summed E-state index contributed by atoms with van der Waals surface area (Å²) in [4.78, 5) is 13.4. The first-order valence-electron chi connectivity index (χ1n) is 8.43. The number of ether oxygens (including phenoxy) is 1. The Morgan fingerprint density at radius 2 is 2.12 bits per heavy atom. The second-order valence-corrected chi connectivity index (χ2v) is 9.06. The second kappa shape index (κ2) is 7.15. The van der Waals surface area contributed by atoms with Crippen LogP contribution in [-0.2, 0) is 17.8 Å². The van der Waals surface area contributed by atoms with Crippen LogP contribution in [0.4, 0.5) is 5.82 Å². The van der Waals surface area contributed by atoms with Gasteiger partial charge >= 0.3 is 0 Å². The smallest absolute Gasteiger partial charge is 0.190 e. The van der Waals surface area contributed by atoms with Crippen LogP contribution >= 0.6 is 23.1 Å². The lowest BCUT2D eigenvalue weighted by molar-refractivity contribution is -0.858. The molecule has 0 radical (unpaired) electrons. The van der Waals surface area contributed by atoms with Crippen molar-refractivity contribution in [2.45, 2.75) is 44.1 Å². The number of anilines is 1. The zero-order valence-corrected chi connectivity index (χ0v) is 16.8. The van der Waals surface area contributed by atoms with Crippen molar-refractivity contribution in [3.63, 3.8) is 0 Å². The van der Waals surface area contributed by atoms with E-state index >= 15 is 0 Å². The second-order valence-electron chi connectivity index (χ2n) is 7.21. The molecule has 1 aliphatic rings. The molecule has 3 rings (SSSR count). The van der Waals surface area contributed by atoms with Crippen LogP contribution in [0.25, 0.3) is 10.2 Å². The summed E-state index contributed by atoms with van der Waals surface area (Å²) in [7, 11) is 4.37. The van der Waals surface area contributed by atoms with Crippen LogP contribution in [0, 0.1) is 0 Å². The number of fused-ring (bicyclic) bond motifs is 3. The van der Waals surface area contributed by atoms with Gasteiger partial charge in [0.15, 0.2) is 5.16 Å². The Morgan fingerprint density at radius 3 is 2.83 bits per heavy atom. The summed E-state index contributed by atoms with van der Waals surface area (Å²) < 4.78 is 5.98. The average Bonchev–Trinajstić information content (AvgIpc) is 2.87. The van der Waals surface area contributed by atoms with E-state index in [1.807, 2.05) is 6.26 Å². The number of thioether (sulfide) groups is 1. The predicted octanol–water partition coefficient (Wildman–Crippen LogP) is 2.21. The van der Waals surface area contributed by atoms with Crippen molar-refractivity contribution in [2.24, 2.45) is 0 Å². The van der Waals surface area contributed by atoms with E-state index in [1.54, 1.807) is 23.1 Å². The van der Waals surface area contributed by atoms with Gasteiger partial charge in [-0.25, -0.2) is 9.97 Å². The molecule has 0 fully saturated rings. The quantitative estimate of drug-likeness (QED) is 0.466. The van der Waals surface area contributed by atoms with Crippen molar-refractivity contribution in [1.29, 1.82) is 0 Å². The Balaban J connectivity index is 1.95. The third kappa shape index (κ3) is 3.85. The van der Waals surface area contributed by atoms with Gasteiger partial charge in [0, 0.05) is 24.3 Å². The molecule has 0 bridgehead atoms. The summed E-state index contributed by atoms with van der Waals surface area (Å²) in [5.74, 6) is 0.994. The Kier molecular flexibility index (Phi) is 5.34. The Hall–Kier alpha value is -0.890. The fourth-order valence-corrected chi connectivity index (χ4v) is 4.52. The minimum Gasteiger partial charge on any atom is -0.370 e. The van der Waals surface area contributed by atoms with Crippen molar-refractivity contribution in [3.05, 3.63) is 10.4 Å². The minimum absolute atomic E-state index is 0.120. The third-order valence-corrected chi connectivity index (χ3v) is 5.89. The van der Waals surface area contributed by atoms with E-state index in [9.17, 15) is 0 Å². The molecular formula is C17H27N4OS2+. The Bertz CT molecular complexity index is 727. The van der Waals surface area contributed by atoms with E-state index < -0.39 is 0 Å². The highest BCUT2D eigenvalue weighted by Crippen LogP contribution is 2.41. The molecule has 2 N–H and O–H groups in total. The van der Waals surface area contributed by atoms with Crippen molar-refractivity contribution in [2.75, 3.05) is 38.8 Å². The topological polar surface area (TPSA) is 51.5 Å². The number of quaternary nitrogens is 1. The highest BCUT2D eigenvalue weighted by atomic mass is 32.2. The average molecular weight is 368 g/mol. The lowest BCUT2D eigenvalue weighted by atomic mass is 9.94. The van der Waals surface area contributed by atoms with Crippen LogP contribution in [0.1, 0.15) is 30.7 Å². The first-order valence-corrected chi connectivity index (χ1v) is 10.5. The van der Waals surface area contributed by atoms with E-state index in [0.29, 0.717) is 6.61 Å². The maximum absolute atomic E-state index is 5.98. The molecule has 3 heterocycles. The number of hydrogen-bond acceptors (Lipinski definition) is 6. The lowest BCUT2D eigenvalue weighted by Crippen LogP contribution is -3.05. The predicted molar refractivity (Wildman–Crippen MR) is 103 cm³/mol. The molecule has 132 valence electrons. The van der Waals surface area contributed by atoms with Gasteiger partial charge in [-0.1, -0.05) is 11.8 Å². The number of aromatic nitrogens is 2. The van der Waals surface area contributed by atoms with Crippen LogP contribution in [-0.4, -0.2) is 49.0 Å². The van der Waals surface area contributed by atoms with Gasteiger partial charge in [-0.2, -0.15) is 0 Å². The van der Waals surface area contributed by atoms with Crippen LogP contribution in [0.5, 0.6) is 0 Å². The zero-order chi connectivity index (χ0) is 17.3. The van der Waals surface area contributed by atoms with Crippen LogP contribution in [0.15, 0.2) is 5.16 Å². The van der Waals surface area contributed by atoms with Gasteiger partial charge < -0.3 is 15.0 Å². The van der Waals surface area contributed by atoms with Crippen molar-refractivity contribution in [3.8, 4) is 0 Å². The normalized spacial score (nSPS) is 16.6. The fraction of sp³-hybridized carbons (Fsp3) is 0.647. The lowest BCUT2D eigenvalue weighted by Gasteiger charge is -2.30. The van der Waals surface area contributed by atoms with Gasteiger partial charge in [0.05, 0.1) is 38.2 Å². The maximum Gasteiger partial charge on any atom is 0.190 e. The molecule has 2 aromatic heterocycles. The number of nitrogens with zero attached hydrogens (tertiary/aromatic N) is 2. The van der Waals surface area contributed by atoms with Gasteiger partial charge in [-0.05, 0) is 25.7 Å². The van der Waals surface area contributed by atoms with E-state index in [0.717, 1.165) is 41.7 Å². The van der Waals surface area contributed by atoms with E-state index in [2.05, 4.69) is 33.3 Å². The molecule has 0 saturated heterocycles. The Labute approximate surface area is 152 Å². The molecule has 0 unspecified atom stereocenters. The summed E-state index contributed by atoms with van der Waals surface area (Å²) >= 11 is 3.35. The number of hydrogen-bond donors (Lipinski definition) is 2. The Morgan fingerprint density at radius 1 is 1.33 bits per heavy atom. The van der Waals surface area contributed by atoms with E-state index in [4.69, 9.17) is 14.7 Å². The van der Waals surface area contributed by atoms with Crippen molar-refractivity contribution < 1.29 is 9.64 Å². The maximum atomic E-state index is 5.98. The summed E-state index contributed by atoms with van der Waals surface area (Å²) in [6, 6.07) is 0. The monoisotopic (exact) mass is 367 g/mol. The van der Waals surface area contributed by atoms with Gasteiger partial charge in [-0.15, -0.1) is 11.3 Å². The highest BCUT2D eigenvalue weighted by molar-refractivity contribution is 7.98. The first kappa shape index (κ1) is 17.9. The largest absolute Gasteiger partial charge is 0.370 e. The summed E-state index contributed by atoms with van der Waals surface area (Å²) in [6.07, 6.45) is 4.07. The molecule has 2 aromatic rings. The van der Waals surface area contributed by atoms with Crippen molar-refractivity contribution >= 4 is 39.1 Å². The van der Waals surface area contributed by atoms with Crippen LogP contribution in [0.3, 0.4) is 0 Å².